The molecule has 1 aliphatic heterocycles. The lowest BCUT2D eigenvalue weighted by atomic mass is 10.0. The summed E-state index contributed by atoms with van der Waals surface area (Å²) in [5.74, 6) is -1.55. The Morgan fingerprint density at radius 2 is 1.63 bits per heavy atom. The summed E-state index contributed by atoms with van der Waals surface area (Å²) in [6, 6.07) is 13.2. The zero-order valence-electron chi connectivity index (χ0n) is 23.6. The molecule has 1 unspecified atom stereocenters. The maximum atomic E-state index is 13.6. The molecule has 13 heteroatoms. The maximum Gasteiger partial charge on any atom is 0.338 e. The van der Waals surface area contributed by atoms with Gasteiger partial charge in [0, 0.05) is 45.7 Å². The number of ether oxygens (including phenoxy) is 2. The van der Waals surface area contributed by atoms with E-state index in [4.69, 9.17) is 9.47 Å². The molecule has 2 aromatic carbocycles. The molecule has 1 fully saturated rings. The summed E-state index contributed by atoms with van der Waals surface area (Å²) >= 11 is 0. The van der Waals surface area contributed by atoms with Crippen LogP contribution in [0.3, 0.4) is 0 Å². The highest BCUT2D eigenvalue weighted by Gasteiger charge is 2.38. The third-order valence-corrected chi connectivity index (χ3v) is 8.80. The van der Waals surface area contributed by atoms with Gasteiger partial charge in [-0.1, -0.05) is 32.0 Å². The van der Waals surface area contributed by atoms with Crippen molar-refractivity contribution in [3.05, 3.63) is 60.2 Å². The number of sulfonamides is 1. The van der Waals surface area contributed by atoms with Gasteiger partial charge in [-0.3, -0.25) is 19.7 Å². The topological polar surface area (TPSA) is 146 Å². The van der Waals surface area contributed by atoms with Crippen LogP contribution < -0.4 is 10.2 Å². The van der Waals surface area contributed by atoms with E-state index < -0.39 is 27.9 Å². The molecule has 1 atom stereocenters. The molecule has 0 radical (unpaired) electrons. The van der Waals surface area contributed by atoms with E-state index in [1.807, 2.05) is 6.07 Å². The number of benzene rings is 2. The fraction of sp³-hybridized carbons (Fsp3) is 0.464. The number of carbonyl (C=O) groups excluding carboxylic acids is 3. The van der Waals surface area contributed by atoms with Crippen LogP contribution in [-0.2, 0) is 24.3 Å². The highest BCUT2D eigenvalue weighted by molar-refractivity contribution is 7.89. The molecule has 0 aromatic heterocycles. The number of nitrogens with zero attached hydrogens (tertiary/aromatic N) is 3. The molecule has 2 N–H and O–H groups in total. The molecule has 12 nitrogen and oxygen atoms in total. The average molecular weight is 591 g/mol. The van der Waals surface area contributed by atoms with Gasteiger partial charge < -0.3 is 14.4 Å². The lowest BCUT2D eigenvalue weighted by Gasteiger charge is -2.36. The zero-order chi connectivity index (χ0) is 30.0. The molecule has 1 aliphatic rings. The van der Waals surface area contributed by atoms with Crippen LogP contribution >= 0.6 is 0 Å². The van der Waals surface area contributed by atoms with E-state index in [9.17, 15) is 28.0 Å². The molecule has 224 valence electrons. The summed E-state index contributed by atoms with van der Waals surface area (Å²) in [4.78, 5) is 41.4. The standard InChI is InChI=1S/C28H38N4O8S/c1-21(2)26(27(34)29-36)32(41(37,38)24-11-9-23(39-3)10-12-24)14-13-25(33)31-17-15-30(16-18-31)19-20-40-28(35)22-7-5-4-6-8-22/h4-12,21,26,36H,13-20H2,1-3H3,(H,29,34). The van der Waals surface area contributed by atoms with Gasteiger partial charge in [-0.25, -0.2) is 18.7 Å². The number of hydrogen-bond acceptors (Lipinski definition) is 9. The predicted molar refractivity (Wildman–Crippen MR) is 150 cm³/mol. The van der Waals surface area contributed by atoms with Crippen molar-refractivity contribution >= 4 is 27.8 Å². The molecule has 2 aromatic rings. The van der Waals surface area contributed by atoms with Gasteiger partial charge in [0.2, 0.25) is 15.9 Å². The number of hydroxylamine groups is 1. The lowest BCUT2D eigenvalue weighted by Crippen LogP contribution is -2.53. The van der Waals surface area contributed by atoms with E-state index in [1.54, 1.807) is 48.5 Å². The fourth-order valence-corrected chi connectivity index (χ4v) is 6.35. The Morgan fingerprint density at radius 1 is 1.00 bits per heavy atom. The van der Waals surface area contributed by atoms with Gasteiger partial charge in [-0.15, -0.1) is 0 Å². The van der Waals surface area contributed by atoms with Gasteiger partial charge >= 0.3 is 5.97 Å². The Morgan fingerprint density at radius 3 is 2.20 bits per heavy atom. The molecular weight excluding hydrogens is 552 g/mol. The second-order valence-electron chi connectivity index (χ2n) is 9.93. The summed E-state index contributed by atoms with van der Waals surface area (Å²) in [5.41, 5.74) is 2.05. The SMILES string of the molecule is COc1ccc(S(=O)(=O)N(CCC(=O)N2CCN(CCOC(=O)c3ccccc3)CC2)C(C(=O)NO)C(C)C)cc1. The van der Waals surface area contributed by atoms with Crippen molar-refractivity contribution in [1.29, 1.82) is 0 Å². The van der Waals surface area contributed by atoms with Crippen molar-refractivity contribution in [2.75, 3.05) is 53.0 Å². The molecule has 3 rings (SSSR count). The third kappa shape index (κ3) is 8.49. The Kier molecular flexibility index (Phi) is 11.6. The molecule has 2 amide bonds. The van der Waals surface area contributed by atoms with Crippen molar-refractivity contribution in [3.8, 4) is 5.75 Å². The van der Waals surface area contributed by atoms with Crippen LogP contribution in [0.4, 0.5) is 0 Å². The Hall–Kier alpha value is -3.52. The minimum atomic E-state index is -4.21. The number of nitrogens with one attached hydrogen (secondary N) is 1. The zero-order valence-corrected chi connectivity index (χ0v) is 24.4. The molecule has 0 saturated carbocycles. The number of methoxy groups -OCH3 is 1. The highest BCUT2D eigenvalue weighted by Crippen LogP contribution is 2.25. The van der Waals surface area contributed by atoms with Gasteiger partial charge in [0.05, 0.1) is 17.6 Å². The maximum absolute atomic E-state index is 13.6. The second kappa shape index (κ2) is 14.9. The van der Waals surface area contributed by atoms with E-state index in [2.05, 4.69) is 4.90 Å². The minimum absolute atomic E-state index is 0.0660. The monoisotopic (exact) mass is 590 g/mol. The van der Waals surface area contributed by atoms with E-state index in [-0.39, 0.29) is 36.3 Å². The van der Waals surface area contributed by atoms with Crippen LogP contribution in [0.15, 0.2) is 59.5 Å². The number of rotatable bonds is 13. The fourth-order valence-electron chi connectivity index (χ4n) is 4.63. The first kappa shape index (κ1) is 32.0. The van der Waals surface area contributed by atoms with Crippen molar-refractivity contribution in [3.63, 3.8) is 0 Å². The van der Waals surface area contributed by atoms with Crippen LogP contribution in [0.25, 0.3) is 0 Å². The van der Waals surface area contributed by atoms with E-state index in [0.717, 1.165) is 4.31 Å². The minimum Gasteiger partial charge on any atom is -0.497 e. The normalized spacial score (nSPS) is 15.0. The molecule has 1 saturated heterocycles. The number of carbonyl (C=O) groups is 3. The largest absolute Gasteiger partial charge is 0.497 e. The first-order chi connectivity index (χ1) is 19.6. The summed E-state index contributed by atoms with van der Waals surface area (Å²) in [5, 5.41) is 9.32. The Balaban J connectivity index is 1.59. The first-order valence-electron chi connectivity index (χ1n) is 13.4. The average Bonchev–Trinajstić information content (AvgIpc) is 2.99. The third-order valence-electron chi connectivity index (χ3n) is 6.91. The van der Waals surface area contributed by atoms with Crippen LogP contribution in [-0.4, -0.2) is 105 Å². The van der Waals surface area contributed by atoms with Crippen LogP contribution in [0.1, 0.15) is 30.6 Å². The van der Waals surface area contributed by atoms with Crippen LogP contribution in [0.2, 0.25) is 0 Å². The van der Waals surface area contributed by atoms with Crippen LogP contribution in [0, 0.1) is 5.92 Å². The molecule has 41 heavy (non-hydrogen) atoms. The summed E-state index contributed by atoms with van der Waals surface area (Å²) in [7, 11) is -2.75. The van der Waals surface area contributed by atoms with Crippen molar-refractivity contribution in [1.82, 2.24) is 19.6 Å². The smallest absolute Gasteiger partial charge is 0.338 e. The Bertz CT molecular complexity index is 1260. The highest BCUT2D eigenvalue weighted by atomic mass is 32.2. The van der Waals surface area contributed by atoms with Crippen LogP contribution in [0.5, 0.6) is 5.75 Å². The first-order valence-corrected chi connectivity index (χ1v) is 14.8. The summed E-state index contributed by atoms with van der Waals surface area (Å²) in [6.45, 7) is 5.84. The van der Waals surface area contributed by atoms with Crippen molar-refractivity contribution in [2.45, 2.75) is 31.2 Å². The van der Waals surface area contributed by atoms with Gasteiger partial charge in [-0.05, 0) is 42.3 Å². The lowest BCUT2D eigenvalue weighted by molar-refractivity contribution is -0.136. The molecule has 0 aliphatic carbocycles. The molecule has 0 bridgehead atoms. The van der Waals surface area contributed by atoms with Gasteiger partial charge in [-0.2, -0.15) is 4.31 Å². The predicted octanol–water partition coefficient (Wildman–Crippen LogP) is 1.61. The number of amides is 2. The quantitative estimate of drug-likeness (QED) is 0.202. The molecule has 0 spiro atoms. The molecular formula is C28H38N4O8S. The van der Waals surface area contributed by atoms with Crippen molar-refractivity contribution in [2.24, 2.45) is 5.92 Å². The Labute approximate surface area is 240 Å². The van der Waals surface area contributed by atoms with E-state index in [0.29, 0.717) is 44.0 Å². The van der Waals surface area contributed by atoms with Gasteiger partial charge in [0.15, 0.2) is 0 Å². The summed E-state index contributed by atoms with van der Waals surface area (Å²) in [6.07, 6.45) is -0.147. The molecule has 1 heterocycles. The van der Waals surface area contributed by atoms with E-state index in [1.165, 1.54) is 31.4 Å². The second-order valence-corrected chi connectivity index (χ2v) is 11.8. The van der Waals surface area contributed by atoms with Crippen molar-refractivity contribution < 1.29 is 37.5 Å². The number of esters is 1. The number of piperazine rings is 1. The van der Waals surface area contributed by atoms with Gasteiger partial charge in [0.25, 0.3) is 5.91 Å². The van der Waals surface area contributed by atoms with E-state index >= 15 is 0 Å². The summed E-state index contributed by atoms with van der Waals surface area (Å²) < 4.78 is 38.7. The number of hydrogen-bond donors (Lipinski definition) is 2. The van der Waals surface area contributed by atoms with Gasteiger partial charge in [0.1, 0.15) is 18.4 Å².